The maximum Gasteiger partial charge on any atom is 0.189 e. The first-order valence-corrected chi connectivity index (χ1v) is 43.8. The molecule has 1 aliphatic rings. The molecule has 0 aromatic rings. The number of hydrogen-bond acceptors (Lipinski definition) is 12. The Bertz CT molecular complexity index is 1400. The van der Waals surface area contributed by atoms with Crippen molar-refractivity contribution < 1.29 is 30.0 Å². The van der Waals surface area contributed by atoms with Crippen molar-refractivity contribution in [2.45, 2.75) is 438 Å². The first-order valence-electron chi connectivity index (χ1n) is 41.9. The van der Waals surface area contributed by atoms with Crippen LogP contribution < -0.4 is 0 Å². The van der Waals surface area contributed by atoms with Gasteiger partial charge >= 0.3 is 0 Å². The lowest BCUT2D eigenvalue weighted by molar-refractivity contribution is -0.112. The van der Waals surface area contributed by atoms with E-state index in [0.717, 1.165) is 115 Å². The Morgan fingerprint density at radius 2 is 0.511 bits per heavy atom. The molecule has 12 heteroatoms. The average Bonchev–Trinajstić information content (AvgIpc) is 0.953. The van der Waals surface area contributed by atoms with Crippen molar-refractivity contribution in [2.24, 2.45) is 0 Å². The van der Waals surface area contributed by atoms with Gasteiger partial charge in [-0.3, -0.25) is 29.2 Å². The lowest BCUT2D eigenvalue weighted by Crippen LogP contribution is -2.57. The highest BCUT2D eigenvalue weighted by molar-refractivity contribution is 8.13. The van der Waals surface area contributed by atoms with Gasteiger partial charge in [-0.15, -0.1) is 0 Å². The van der Waals surface area contributed by atoms with Gasteiger partial charge in [-0.2, -0.15) is 0 Å². The summed E-state index contributed by atoms with van der Waals surface area (Å²) < 4.78 is 0. The number of unbranched alkanes of at least 4 members (excludes halogenated alkanes) is 44. The van der Waals surface area contributed by atoms with Gasteiger partial charge in [-0.05, 0) is 65.5 Å². The second kappa shape index (κ2) is 69.8. The van der Waals surface area contributed by atoms with Gasteiger partial charge in [0.25, 0.3) is 0 Å². The summed E-state index contributed by atoms with van der Waals surface area (Å²) in [7, 11) is 0. The minimum Gasteiger partial charge on any atom is -0.392 e. The maximum atomic E-state index is 13.3. The average molecular weight is 1370 g/mol. The first-order chi connectivity index (χ1) is 45.9. The van der Waals surface area contributed by atoms with E-state index in [-0.39, 0.29) is 10.2 Å². The predicted octanol–water partition coefficient (Wildman–Crippen LogP) is 21.9. The Morgan fingerprint density at radius 1 is 0.319 bits per heavy atom. The van der Waals surface area contributed by atoms with Crippen molar-refractivity contribution in [1.82, 2.24) is 19.6 Å². The van der Waals surface area contributed by atoms with E-state index in [1.54, 1.807) is 0 Å². The number of piperazine rings is 1. The lowest BCUT2D eigenvalue weighted by atomic mass is 10.0. The zero-order valence-electron chi connectivity index (χ0n) is 63.8. The Balaban J connectivity index is 2.55. The number of aliphatic hydroxyl groups is 4. The summed E-state index contributed by atoms with van der Waals surface area (Å²) in [5.41, 5.74) is 0. The van der Waals surface area contributed by atoms with Gasteiger partial charge < -0.3 is 20.4 Å². The Morgan fingerprint density at radius 3 is 0.713 bits per heavy atom. The number of carbonyl (C=O) groups is 2. The zero-order valence-corrected chi connectivity index (χ0v) is 65.4. The van der Waals surface area contributed by atoms with E-state index in [0.29, 0.717) is 51.1 Å². The van der Waals surface area contributed by atoms with E-state index < -0.39 is 24.4 Å². The molecule has 0 radical (unpaired) electrons. The van der Waals surface area contributed by atoms with Crippen LogP contribution in [-0.2, 0) is 9.59 Å². The van der Waals surface area contributed by atoms with E-state index in [9.17, 15) is 30.0 Å². The molecular weight excluding hydrogens is 1200 g/mol. The molecule has 1 heterocycles. The molecule has 0 bridgehead atoms. The summed E-state index contributed by atoms with van der Waals surface area (Å²) in [5, 5.41) is 45.4. The van der Waals surface area contributed by atoms with E-state index in [2.05, 4.69) is 61.1 Å². The molecule has 6 atom stereocenters. The van der Waals surface area contributed by atoms with Crippen molar-refractivity contribution in [3.63, 3.8) is 0 Å². The highest BCUT2D eigenvalue weighted by Crippen LogP contribution is 2.23. The number of carbonyl (C=O) groups excluding carboxylic acids is 2. The fourth-order valence-corrected chi connectivity index (χ4v) is 16.1. The van der Waals surface area contributed by atoms with Crippen molar-refractivity contribution in [1.29, 1.82) is 0 Å². The normalized spacial score (nSPS) is 16.3. The van der Waals surface area contributed by atoms with Crippen LogP contribution in [0.3, 0.4) is 0 Å². The molecule has 560 valence electrons. The van der Waals surface area contributed by atoms with Crippen LogP contribution in [0.4, 0.5) is 0 Å². The molecule has 6 unspecified atom stereocenters. The van der Waals surface area contributed by atoms with E-state index in [4.69, 9.17) is 0 Å². The molecule has 0 aromatic carbocycles. The molecule has 94 heavy (non-hydrogen) atoms. The molecule has 0 aromatic heterocycles. The van der Waals surface area contributed by atoms with Crippen LogP contribution in [-0.4, -0.2) is 164 Å². The third-order valence-corrected chi connectivity index (χ3v) is 22.5. The Kier molecular flexibility index (Phi) is 68.1. The number of hydrogen-bond donors (Lipinski definition) is 4. The Labute approximate surface area is 594 Å². The van der Waals surface area contributed by atoms with Crippen LogP contribution in [0.25, 0.3) is 0 Å². The number of thioether (sulfide) groups is 2. The molecule has 1 rings (SSSR count). The molecule has 4 N–H and O–H groups in total. The third kappa shape index (κ3) is 60.5. The molecule has 10 nitrogen and oxygen atoms in total. The molecule has 0 aliphatic carbocycles. The molecule has 1 saturated heterocycles. The summed E-state index contributed by atoms with van der Waals surface area (Å²) in [4.78, 5) is 36.2. The molecule has 1 fully saturated rings. The summed E-state index contributed by atoms with van der Waals surface area (Å²) in [5.74, 6) is 1.57. The van der Waals surface area contributed by atoms with Crippen molar-refractivity contribution in [3.05, 3.63) is 0 Å². The number of rotatable bonds is 74. The first kappa shape index (κ1) is 91.7. The quantitative estimate of drug-likeness (QED) is 0.0433. The predicted molar refractivity (Wildman–Crippen MR) is 415 cm³/mol. The fraction of sp³-hybridized carbons (Fsp3) is 0.976. The van der Waals surface area contributed by atoms with Crippen molar-refractivity contribution in [2.75, 3.05) is 77.0 Å². The minimum atomic E-state index is -0.402. The molecule has 1 aliphatic heterocycles. The lowest BCUT2D eigenvalue weighted by Gasteiger charge is -2.44. The van der Waals surface area contributed by atoms with Crippen LogP contribution in [0, 0.1) is 0 Å². The SMILES string of the molecule is CCCCCCCCCCCCCCC(O)CN(CCCC(=O)SCCN1CC(C)N(CCSC(=O)CCCN(CC(O)CCCCCCCCCCCCCC)CC(O)CCCCCCCCCCCCCC)CC1C)CC(O)CCCCCCCCCCCCCC. The molecule has 0 spiro atoms. The van der Waals surface area contributed by atoms with Crippen molar-refractivity contribution in [3.8, 4) is 0 Å². The standard InChI is InChI=1S/C82H164N4O6S2/c1-7-11-15-19-23-27-31-35-39-43-47-51-57-77(87)71-83(72-78(88)58-52-48-44-40-36-32-28-24-20-16-12-8-2)63-55-61-81(91)93-67-65-85-69-76(6)86(70-75(85)5)66-68-94-82(92)62-56-64-84(73-79(89)59-53-49-45-41-37-33-29-25-21-17-13-9-3)74-80(90)60-54-50-46-42-38-34-30-26-22-18-14-10-4/h75-80,87-90H,7-74H2,1-6H3. The van der Waals surface area contributed by atoms with Crippen molar-refractivity contribution >= 4 is 33.8 Å². The summed E-state index contributed by atoms with van der Waals surface area (Å²) in [6.45, 7) is 21.2. The largest absolute Gasteiger partial charge is 0.392 e. The smallest absolute Gasteiger partial charge is 0.189 e. The van der Waals surface area contributed by atoms with Crippen LogP contribution in [0.5, 0.6) is 0 Å². The van der Waals surface area contributed by atoms with Gasteiger partial charge in [-0.25, -0.2) is 0 Å². The monoisotopic (exact) mass is 1370 g/mol. The number of aliphatic hydroxyl groups excluding tert-OH is 4. The van der Waals surface area contributed by atoms with Gasteiger partial charge in [0.05, 0.1) is 24.4 Å². The maximum absolute atomic E-state index is 13.3. The number of nitrogens with zero attached hydrogens (tertiary/aromatic N) is 4. The van der Waals surface area contributed by atoms with E-state index >= 15 is 0 Å². The van der Waals surface area contributed by atoms with E-state index in [1.807, 2.05) is 0 Å². The van der Waals surface area contributed by atoms with Gasteiger partial charge in [0.15, 0.2) is 10.2 Å². The highest BCUT2D eigenvalue weighted by Gasteiger charge is 2.29. The van der Waals surface area contributed by atoms with Crippen LogP contribution in [0.2, 0.25) is 0 Å². The fourth-order valence-electron chi connectivity index (χ4n) is 14.4. The topological polar surface area (TPSA) is 128 Å². The van der Waals surface area contributed by atoms with Crippen LogP contribution in [0.15, 0.2) is 0 Å². The van der Waals surface area contributed by atoms with E-state index in [1.165, 1.54) is 306 Å². The molecule has 0 amide bonds. The summed E-state index contributed by atoms with van der Waals surface area (Å²) in [6.07, 6.45) is 67.0. The third-order valence-electron chi connectivity index (χ3n) is 20.7. The van der Waals surface area contributed by atoms with Gasteiger partial charge in [-0.1, -0.05) is 359 Å². The second-order valence-corrected chi connectivity index (χ2v) is 32.5. The second-order valence-electron chi connectivity index (χ2n) is 30.2. The van der Waals surface area contributed by atoms with Gasteiger partial charge in [0, 0.05) is 88.8 Å². The Hall–Kier alpha value is -0.280. The van der Waals surface area contributed by atoms with Gasteiger partial charge in [0.1, 0.15) is 0 Å². The van der Waals surface area contributed by atoms with Crippen LogP contribution in [0.1, 0.15) is 401 Å². The molecular formula is C82H164N4O6S2. The van der Waals surface area contributed by atoms with Crippen LogP contribution >= 0.6 is 23.5 Å². The summed E-state index contributed by atoms with van der Waals surface area (Å²) >= 11 is 2.94. The highest BCUT2D eigenvalue weighted by atomic mass is 32.2. The van der Waals surface area contributed by atoms with Gasteiger partial charge in [0.2, 0.25) is 0 Å². The summed E-state index contributed by atoms with van der Waals surface area (Å²) in [6, 6.07) is 0.750. The minimum absolute atomic E-state index is 0.244. The molecule has 0 saturated carbocycles. The zero-order chi connectivity index (χ0) is 68.4.